The second-order valence-electron chi connectivity index (χ2n) is 7.93. The van der Waals surface area contributed by atoms with E-state index in [9.17, 15) is 9.50 Å². The quantitative estimate of drug-likeness (QED) is 0.438. The lowest BCUT2D eigenvalue weighted by molar-refractivity contribution is 0.433. The maximum atomic E-state index is 14.8. The van der Waals surface area contributed by atoms with Gasteiger partial charge in [-0.1, -0.05) is 53.6 Å². The topological polar surface area (TPSA) is 20.2 Å². The monoisotopic (exact) mass is 414 g/mol. The summed E-state index contributed by atoms with van der Waals surface area (Å²) in [6.07, 6.45) is 14.6. The van der Waals surface area contributed by atoms with E-state index in [4.69, 9.17) is 18.0 Å². The second-order valence-corrected chi connectivity index (χ2v) is 8.30. The summed E-state index contributed by atoms with van der Waals surface area (Å²) in [5.41, 5.74) is 7.15. The van der Waals surface area contributed by atoms with Gasteiger partial charge in [0, 0.05) is 12.0 Å². The van der Waals surface area contributed by atoms with Crippen LogP contribution in [-0.4, -0.2) is 5.11 Å². The molecule has 0 unspecified atom stereocenters. The van der Waals surface area contributed by atoms with E-state index in [0.717, 1.165) is 31.1 Å². The van der Waals surface area contributed by atoms with Gasteiger partial charge in [-0.15, -0.1) is 12.3 Å². The lowest BCUT2D eigenvalue weighted by atomic mass is 9.79. The highest BCUT2D eigenvalue weighted by atomic mass is 35.5. The predicted octanol–water partition coefficient (Wildman–Crippen LogP) is 7.23. The Kier molecular flexibility index (Phi) is 4.65. The van der Waals surface area contributed by atoms with E-state index in [1.807, 2.05) is 12.1 Å². The number of benzene rings is 3. The van der Waals surface area contributed by atoms with Crippen molar-refractivity contribution in [2.24, 2.45) is 0 Å². The molecule has 5 rings (SSSR count). The first-order chi connectivity index (χ1) is 14.6. The summed E-state index contributed by atoms with van der Waals surface area (Å²) in [6, 6.07) is 11.9. The molecule has 1 N–H and O–H groups in total. The number of fused-ring (bicyclic) bond motifs is 4. The Bertz CT molecular complexity index is 1310. The zero-order valence-electron chi connectivity index (χ0n) is 16.4. The highest BCUT2D eigenvalue weighted by molar-refractivity contribution is 6.33. The SMILES string of the molecule is C#CCc1cc(-c2ccc3c4c(ccc3c2)C2=C(CCC=C2)CC4)c(F)c(O)c1Cl. The number of halogens is 2. The molecule has 0 spiro atoms. The van der Waals surface area contributed by atoms with Crippen molar-refractivity contribution in [1.29, 1.82) is 0 Å². The predicted molar refractivity (Wildman–Crippen MR) is 122 cm³/mol. The fraction of sp³-hybridized carbons (Fsp3) is 0.185. The van der Waals surface area contributed by atoms with Crippen molar-refractivity contribution in [1.82, 2.24) is 0 Å². The van der Waals surface area contributed by atoms with E-state index in [1.165, 1.54) is 22.1 Å². The minimum atomic E-state index is -0.722. The molecular weight excluding hydrogens is 395 g/mol. The van der Waals surface area contributed by atoms with Crippen LogP contribution < -0.4 is 0 Å². The number of phenolic OH excluding ortho intramolecular Hbond substituents is 1. The molecule has 0 saturated heterocycles. The standard InChI is InChI=1S/C27H20ClFO/c1-2-5-19-15-24(26(29)27(30)25(19)28)18-9-11-21-17(14-18)10-13-22-20-7-4-3-6-16(20)8-12-23(21)22/h1,4,7,9-11,13-15,30H,3,5-6,8,12H2. The number of hydrogen-bond acceptors (Lipinski definition) is 1. The van der Waals surface area contributed by atoms with Crippen LogP contribution in [0.1, 0.15) is 36.0 Å². The van der Waals surface area contributed by atoms with Gasteiger partial charge in [0.05, 0.1) is 5.02 Å². The Balaban J connectivity index is 1.66. The van der Waals surface area contributed by atoms with Crippen molar-refractivity contribution in [2.45, 2.75) is 32.1 Å². The molecule has 0 atom stereocenters. The van der Waals surface area contributed by atoms with E-state index in [-0.39, 0.29) is 11.4 Å². The third kappa shape index (κ3) is 2.93. The maximum Gasteiger partial charge on any atom is 0.174 e. The van der Waals surface area contributed by atoms with E-state index >= 15 is 0 Å². The summed E-state index contributed by atoms with van der Waals surface area (Å²) < 4.78 is 14.8. The van der Waals surface area contributed by atoms with Gasteiger partial charge >= 0.3 is 0 Å². The number of rotatable bonds is 2. The molecule has 2 aliphatic carbocycles. The number of aromatic hydroxyl groups is 1. The average Bonchev–Trinajstić information content (AvgIpc) is 2.78. The minimum Gasteiger partial charge on any atom is -0.504 e. The molecule has 2 aliphatic rings. The van der Waals surface area contributed by atoms with Crippen LogP contribution in [0.4, 0.5) is 4.39 Å². The third-order valence-electron chi connectivity index (χ3n) is 6.23. The normalized spacial score (nSPS) is 15.1. The van der Waals surface area contributed by atoms with Crippen LogP contribution in [0, 0.1) is 18.2 Å². The van der Waals surface area contributed by atoms with E-state index in [1.54, 1.807) is 11.6 Å². The van der Waals surface area contributed by atoms with Crippen LogP contribution >= 0.6 is 11.6 Å². The molecule has 0 amide bonds. The molecule has 0 bridgehead atoms. The first-order valence-corrected chi connectivity index (χ1v) is 10.5. The van der Waals surface area contributed by atoms with Crippen molar-refractivity contribution in [2.75, 3.05) is 0 Å². The van der Waals surface area contributed by atoms with Crippen molar-refractivity contribution < 1.29 is 9.50 Å². The highest BCUT2D eigenvalue weighted by Crippen LogP contribution is 2.42. The molecule has 0 heterocycles. The summed E-state index contributed by atoms with van der Waals surface area (Å²) in [4.78, 5) is 0. The zero-order chi connectivity index (χ0) is 20.8. The molecule has 0 saturated carbocycles. The molecular formula is C27H20ClFO. The van der Waals surface area contributed by atoms with Crippen LogP contribution in [0.25, 0.3) is 27.5 Å². The molecule has 3 heteroatoms. The van der Waals surface area contributed by atoms with Gasteiger partial charge < -0.3 is 5.11 Å². The van der Waals surface area contributed by atoms with Crippen LogP contribution in [0.5, 0.6) is 5.75 Å². The number of allylic oxidation sites excluding steroid dienone is 4. The van der Waals surface area contributed by atoms with Gasteiger partial charge in [-0.2, -0.15) is 0 Å². The summed E-state index contributed by atoms with van der Waals surface area (Å²) >= 11 is 6.07. The molecule has 0 fully saturated rings. The van der Waals surface area contributed by atoms with Gasteiger partial charge in [-0.25, -0.2) is 4.39 Å². The van der Waals surface area contributed by atoms with Crippen LogP contribution in [0.15, 0.2) is 54.1 Å². The van der Waals surface area contributed by atoms with Crippen molar-refractivity contribution in [3.63, 3.8) is 0 Å². The minimum absolute atomic E-state index is 0.0197. The number of phenols is 1. The number of terminal acetylenes is 1. The summed E-state index contributed by atoms with van der Waals surface area (Å²) in [5, 5.41) is 12.4. The van der Waals surface area contributed by atoms with Crippen molar-refractivity contribution in [3.8, 4) is 29.2 Å². The lowest BCUT2D eigenvalue weighted by Gasteiger charge is -2.25. The smallest absolute Gasteiger partial charge is 0.174 e. The summed E-state index contributed by atoms with van der Waals surface area (Å²) in [5.74, 6) is 1.24. The Morgan fingerprint density at radius 2 is 1.93 bits per heavy atom. The highest BCUT2D eigenvalue weighted by Gasteiger charge is 2.22. The summed E-state index contributed by atoms with van der Waals surface area (Å²) in [7, 11) is 0. The fourth-order valence-electron chi connectivity index (χ4n) is 4.74. The van der Waals surface area contributed by atoms with E-state index in [0.29, 0.717) is 16.7 Å². The number of aryl methyl sites for hydroxylation is 1. The van der Waals surface area contributed by atoms with Gasteiger partial charge in [0.15, 0.2) is 11.6 Å². The largest absolute Gasteiger partial charge is 0.504 e. The molecule has 30 heavy (non-hydrogen) atoms. The van der Waals surface area contributed by atoms with Gasteiger partial charge in [-0.05, 0) is 76.4 Å². The van der Waals surface area contributed by atoms with Gasteiger partial charge in [0.1, 0.15) is 0 Å². The molecule has 3 aromatic rings. The van der Waals surface area contributed by atoms with E-state index in [2.05, 4.69) is 36.3 Å². The Morgan fingerprint density at radius 1 is 1.07 bits per heavy atom. The average molecular weight is 415 g/mol. The Morgan fingerprint density at radius 3 is 2.77 bits per heavy atom. The van der Waals surface area contributed by atoms with Crippen LogP contribution in [-0.2, 0) is 12.8 Å². The molecule has 0 aliphatic heterocycles. The Labute approximate surface area is 180 Å². The van der Waals surface area contributed by atoms with Crippen LogP contribution in [0.2, 0.25) is 5.02 Å². The van der Waals surface area contributed by atoms with Gasteiger partial charge in [0.2, 0.25) is 0 Å². The number of hydrogen-bond donors (Lipinski definition) is 1. The van der Waals surface area contributed by atoms with Gasteiger partial charge in [0.25, 0.3) is 0 Å². The van der Waals surface area contributed by atoms with E-state index < -0.39 is 11.6 Å². The van der Waals surface area contributed by atoms with Crippen LogP contribution in [0.3, 0.4) is 0 Å². The molecule has 148 valence electrons. The molecule has 1 nitrogen and oxygen atoms in total. The zero-order valence-corrected chi connectivity index (χ0v) is 17.2. The third-order valence-corrected chi connectivity index (χ3v) is 6.65. The maximum absolute atomic E-state index is 14.8. The fourth-order valence-corrected chi connectivity index (χ4v) is 4.94. The van der Waals surface area contributed by atoms with Crippen molar-refractivity contribution in [3.05, 3.63) is 81.7 Å². The lowest BCUT2D eigenvalue weighted by Crippen LogP contribution is -2.07. The second kappa shape index (κ2) is 7.35. The molecule has 0 radical (unpaired) electrons. The summed E-state index contributed by atoms with van der Waals surface area (Å²) in [6.45, 7) is 0. The molecule has 0 aromatic heterocycles. The van der Waals surface area contributed by atoms with Gasteiger partial charge in [-0.3, -0.25) is 0 Å². The molecule has 3 aromatic carbocycles. The first-order valence-electron chi connectivity index (χ1n) is 10.2. The first kappa shape index (κ1) is 19.0. The Hall–Kier alpha value is -3.02. The van der Waals surface area contributed by atoms with Crippen molar-refractivity contribution >= 4 is 27.9 Å².